The van der Waals surface area contributed by atoms with Crippen LogP contribution in [0.4, 0.5) is 0 Å². The highest BCUT2D eigenvalue weighted by Crippen LogP contribution is 2.16. The summed E-state index contributed by atoms with van der Waals surface area (Å²) in [5.41, 5.74) is 1.16. The lowest BCUT2D eigenvalue weighted by molar-refractivity contribution is -0.118. The van der Waals surface area contributed by atoms with Crippen molar-refractivity contribution in [1.29, 1.82) is 0 Å². The standard InChI is InChI=1S/C14H20ClNOS/c1-2-3-4-8-16-14(17)11-18-10-12-6-5-7-13(15)9-12/h5-7,9H,2-4,8,10-11H2,1H3,(H,16,17). The molecule has 0 aliphatic rings. The van der Waals surface area contributed by atoms with E-state index < -0.39 is 0 Å². The highest BCUT2D eigenvalue weighted by molar-refractivity contribution is 7.99. The van der Waals surface area contributed by atoms with Gasteiger partial charge in [0.15, 0.2) is 0 Å². The van der Waals surface area contributed by atoms with Crippen molar-refractivity contribution in [3.05, 3.63) is 34.9 Å². The predicted octanol–water partition coefficient (Wildman–Crippen LogP) is 3.88. The van der Waals surface area contributed by atoms with Crippen LogP contribution in [0.1, 0.15) is 31.7 Å². The molecule has 1 rings (SSSR count). The average molecular weight is 286 g/mol. The number of carbonyl (C=O) groups is 1. The summed E-state index contributed by atoms with van der Waals surface area (Å²) >= 11 is 7.51. The molecule has 1 N–H and O–H groups in total. The summed E-state index contributed by atoms with van der Waals surface area (Å²) < 4.78 is 0. The maximum Gasteiger partial charge on any atom is 0.230 e. The summed E-state index contributed by atoms with van der Waals surface area (Å²) in [7, 11) is 0. The van der Waals surface area contributed by atoms with Gasteiger partial charge in [-0.3, -0.25) is 4.79 Å². The van der Waals surface area contributed by atoms with Crippen molar-refractivity contribution < 1.29 is 4.79 Å². The summed E-state index contributed by atoms with van der Waals surface area (Å²) in [4.78, 5) is 11.5. The molecule has 0 aromatic heterocycles. The molecule has 0 saturated carbocycles. The Kier molecular flexibility index (Phi) is 7.94. The normalized spacial score (nSPS) is 10.3. The van der Waals surface area contributed by atoms with Gasteiger partial charge in [0.1, 0.15) is 0 Å². The quantitative estimate of drug-likeness (QED) is 0.735. The van der Waals surface area contributed by atoms with Crippen LogP contribution in [0, 0.1) is 0 Å². The Labute approximate surface area is 118 Å². The summed E-state index contributed by atoms with van der Waals surface area (Å²) in [6, 6.07) is 7.75. The number of rotatable bonds is 8. The zero-order valence-electron chi connectivity index (χ0n) is 10.7. The van der Waals surface area contributed by atoms with Crippen molar-refractivity contribution in [2.75, 3.05) is 12.3 Å². The Hall–Kier alpha value is -0.670. The van der Waals surface area contributed by atoms with Crippen molar-refractivity contribution in [2.45, 2.75) is 31.9 Å². The Morgan fingerprint density at radius 2 is 2.22 bits per heavy atom. The molecule has 0 aliphatic carbocycles. The lowest BCUT2D eigenvalue weighted by Gasteiger charge is -2.05. The van der Waals surface area contributed by atoms with Crippen LogP contribution in [-0.2, 0) is 10.5 Å². The number of benzene rings is 1. The molecule has 0 atom stereocenters. The highest BCUT2D eigenvalue weighted by Gasteiger charge is 2.01. The molecule has 0 fully saturated rings. The summed E-state index contributed by atoms with van der Waals surface area (Å²) in [6.07, 6.45) is 3.43. The Morgan fingerprint density at radius 1 is 1.39 bits per heavy atom. The first-order valence-corrected chi connectivity index (χ1v) is 7.84. The third-order valence-electron chi connectivity index (χ3n) is 2.49. The van der Waals surface area contributed by atoms with E-state index in [4.69, 9.17) is 11.6 Å². The number of carbonyl (C=O) groups excluding carboxylic acids is 1. The molecule has 0 heterocycles. The number of unbranched alkanes of at least 4 members (excludes halogenated alkanes) is 2. The smallest absolute Gasteiger partial charge is 0.230 e. The minimum Gasteiger partial charge on any atom is -0.355 e. The molecule has 2 nitrogen and oxygen atoms in total. The number of hydrogen-bond acceptors (Lipinski definition) is 2. The minimum absolute atomic E-state index is 0.123. The number of hydrogen-bond donors (Lipinski definition) is 1. The third kappa shape index (κ3) is 6.92. The second-order valence-corrected chi connectivity index (χ2v) is 5.60. The molecule has 100 valence electrons. The fourth-order valence-corrected chi connectivity index (χ4v) is 2.56. The SMILES string of the molecule is CCCCCNC(=O)CSCc1cccc(Cl)c1. The highest BCUT2D eigenvalue weighted by atomic mass is 35.5. The second kappa shape index (κ2) is 9.29. The molecule has 1 amide bonds. The second-order valence-electron chi connectivity index (χ2n) is 4.18. The molecule has 0 bridgehead atoms. The molecule has 1 aromatic rings. The fraction of sp³-hybridized carbons (Fsp3) is 0.500. The first kappa shape index (κ1) is 15.4. The van der Waals surface area contributed by atoms with E-state index in [1.807, 2.05) is 24.3 Å². The van der Waals surface area contributed by atoms with Gasteiger partial charge in [-0.15, -0.1) is 11.8 Å². The van der Waals surface area contributed by atoms with Crippen LogP contribution in [0.3, 0.4) is 0 Å². The maximum atomic E-state index is 11.5. The Balaban J connectivity index is 2.12. The summed E-state index contributed by atoms with van der Waals surface area (Å²) in [5, 5.41) is 3.68. The van der Waals surface area contributed by atoms with Gasteiger partial charge >= 0.3 is 0 Å². The van der Waals surface area contributed by atoms with Crippen molar-refractivity contribution in [3.8, 4) is 0 Å². The lowest BCUT2D eigenvalue weighted by atomic mass is 10.2. The van der Waals surface area contributed by atoms with Gasteiger partial charge < -0.3 is 5.32 Å². The zero-order chi connectivity index (χ0) is 13.2. The number of amides is 1. The van der Waals surface area contributed by atoms with Gasteiger partial charge in [0, 0.05) is 17.3 Å². The molecule has 18 heavy (non-hydrogen) atoms. The minimum atomic E-state index is 0.123. The van der Waals surface area contributed by atoms with Crippen molar-refractivity contribution >= 4 is 29.3 Å². The Morgan fingerprint density at radius 3 is 2.94 bits per heavy atom. The van der Waals surface area contributed by atoms with E-state index in [0.29, 0.717) is 5.75 Å². The lowest BCUT2D eigenvalue weighted by Crippen LogP contribution is -2.26. The number of nitrogens with one attached hydrogen (secondary N) is 1. The van der Waals surface area contributed by atoms with E-state index in [2.05, 4.69) is 12.2 Å². The van der Waals surface area contributed by atoms with Crippen LogP contribution in [0.25, 0.3) is 0 Å². The van der Waals surface area contributed by atoms with Gasteiger partial charge in [-0.05, 0) is 24.1 Å². The van der Waals surface area contributed by atoms with Gasteiger partial charge in [0.25, 0.3) is 0 Å². The maximum absolute atomic E-state index is 11.5. The number of halogens is 1. The van der Waals surface area contributed by atoms with E-state index in [1.165, 1.54) is 12.8 Å². The molecule has 0 saturated heterocycles. The molecule has 0 aliphatic heterocycles. The van der Waals surface area contributed by atoms with Crippen LogP contribution >= 0.6 is 23.4 Å². The molecule has 1 aromatic carbocycles. The first-order chi connectivity index (χ1) is 8.72. The van der Waals surface area contributed by atoms with Gasteiger partial charge in [0.2, 0.25) is 5.91 Å². The van der Waals surface area contributed by atoms with Gasteiger partial charge in [-0.25, -0.2) is 0 Å². The summed E-state index contributed by atoms with van der Waals surface area (Å²) in [5.74, 6) is 1.46. The zero-order valence-corrected chi connectivity index (χ0v) is 12.3. The molecular formula is C14H20ClNOS. The van der Waals surface area contributed by atoms with E-state index in [1.54, 1.807) is 11.8 Å². The average Bonchev–Trinajstić information content (AvgIpc) is 2.35. The Bertz CT molecular complexity index is 371. The third-order valence-corrected chi connectivity index (χ3v) is 3.73. The predicted molar refractivity (Wildman–Crippen MR) is 80.1 cm³/mol. The van der Waals surface area contributed by atoms with E-state index in [-0.39, 0.29) is 5.91 Å². The topological polar surface area (TPSA) is 29.1 Å². The van der Waals surface area contributed by atoms with Crippen LogP contribution in [-0.4, -0.2) is 18.2 Å². The fourth-order valence-electron chi connectivity index (χ4n) is 1.54. The molecule has 0 radical (unpaired) electrons. The van der Waals surface area contributed by atoms with Crippen molar-refractivity contribution in [1.82, 2.24) is 5.32 Å². The molecule has 4 heteroatoms. The van der Waals surface area contributed by atoms with Gasteiger partial charge in [-0.2, -0.15) is 0 Å². The largest absolute Gasteiger partial charge is 0.355 e. The monoisotopic (exact) mass is 285 g/mol. The van der Waals surface area contributed by atoms with E-state index in [0.717, 1.165) is 29.3 Å². The van der Waals surface area contributed by atoms with Gasteiger partial charge in [0.05, 0.1) is 5.75 Å². The van der Waals surface area contributed by atoms with Crippen LogP contribution in [0.5, 0.6) is 0 Å². The van der Waals surface area contributed by atoms with Crippen LogP contribution in [0.2, 0.25) is 5.02 Å². The van der Waals surface area contributed by atoms with E-state index >= 15 is 0 Å². The van der Waals surface area contributed by atoms with Crippen LogP contribution in [0.15, 0.2) is 24.3 Å². The molecule has 0 unspecified atom stereocenters. The molecule has 0 spiro atoms. The molecular weight excluding hydrogens is 266 g/mol. The first-order valence-electron chi connectivity index (χ1n) is 6.31. The van der Waals surface area contributed by atoms with Gasteiger partial charge in [-0.1, -0.05) is 43.5 Å². The van der Waals surface area contributed by atoms with Crippen LogP contribution < -0.4 is 5.32 Å². The van der Waals surface area contributed by atoms with E-state index in [9.17, 15) is 4.79 Å². The van der Waals surface area contributed by atoms with Crippen molar-refractivity contribution in [2.24, 2.45) is 0 Å². The number of thioether (sulfide) groups is 1. The van der Waals surface area contributed by atoms with Crippen molar-refractivity contribution in [3.63, 3.8) is 0 Å². The summed E-state index contributed by atoms with van der Waals surface area (Å²) in [6.45, 7) is 2.95.